The zero-order valence-electron chi connectivity index (χ0n) is 10.2. The summed E-state index contributed by atoms with van der Waals surface area (Å²) in [6, 6.07) is 9.26. The fourth-order valence-electron chi connectivity index (χ4n) is 2.33. The van der Waals surface area contributed by atoms with Crippen LogP contribution in [0.2, 0.25) is 0 Å². The Bertz CT molecular complexity index is 327. The smallest absolute Gasteiger partial charge is 0.00631 e. The van der Waals surface area contributed by atoms with Crippen molar-refractivity contribution < 1.29 is 0 Å². The summed E-state index contributed by atoms with van der Waals surface area (Å²) in [6.45, 7) is 5.68. The average molecular weight is 218 g/mol. The van der Waals surface area contributed by atoms with Crippen molar-refractivity contribution in [2.45, 2.75) is 32.2 Å². The number of aryl methyl sites for hydroxylation is 1. The minimum absolute atomic E-state index is 0.440. The molecule has 2 heteroatoms. The van der Waals surface area contributed by atoms with Crippen molar-refractivity contribution in [2.75, 3.05) is 19.6 Å². The predicted molar refractivity (Wildman–Crippen MR) is 68.5 cm³/mol. The van der Waals surface area contributed by atoms with Gasteiger partial charge in [-0.15, -0.1) is 0 Å². The maximum atomic E-state index is 5.90. The number of hydrogen-bond acceptors (Lipinski definition) is 2. The van der Waals surface area contributed by atoms with Crippen molar-refractivity contribution >= 4 is 0 Å². The lowest BCUT2D eigenvalue weighted by atomic mass is 10.0. The van der Waals surface area contributed by atoms with Gasteiger partial charge in [0.15, 0.2) is 0 Å². The molecule has 1 aromatic carbocycles. The van der Waals surface area contributed by atoms with E-state index < -0.39 is 0 Å². The molecule has 1 aliphatic rings. The van der Waals surface area contributed by atoms with Crippen LogP contribution >= 0.6 is 0 Å². The van der Waals surface area contributed by atoms with Crippen molar-refractivity contribution in [3.05, 3.63) is 35.4 Å². The lowest BCUT2D eigenvalue weighted by Gasteiger charge is -2.30. The van der Waals surface area contributed by atoms with E-state index in [4.69, 9.17) is 5.73 Å². The van der Waals surface area contributed by atoms with Crippen LogP contribution in [0.5, 0.6) is 0 Å². The van der Waals surface area contributed by atoms with Gasteiger partial charge in [-0.3, -0.25) is 0 Å². The second kappa shape index (κ2) is 5.46. The highest BCUT2D eigenvalue weighted by Crippen LogP contribution is 2.10. The molecule has 0 aromatic heterocycles. The van der Waals surface area contributed by atoms with Gasteiger partial charge in [0.25, 0.3) is 0 Å². The van der Waals surface area contributed by atoms with Crippen molar-refractivity contribution in [3.8, 4) is 0 Å². The number of rotatable bonds is 3. The van der Waals surface area contributed by atoms with Gasteiger partial charge in [0.1, 0.15) is 0 Å². The summed E-state index contributed by atoms with van der Waals surface area (Å²) < 4.78 is 0. The summed E-state index contributed by atoms with van der Waals surface area (Å²) in [5, 5.41) is 0. The molecule has 1 aromatic rings. The molecule has 1 fully saturated rings. The molecule has 0 saturated carbocycles. The quantitative estimate of drug-likeness (QED) is 0.840. The van der Waals surface area contributed by atoms with Gasteiger partial charge in [-0.05, 0) is 44.8 Å². The van der Waals surface area contributed by atoms with Crippen LogP contribution < -0.4 is 5.73 Å². The first-order chi connectivity index (χ1) is 7.74. The highest BCUT2D eigenvalue weighted by molar-refractivity contribution is 5.22. The van der Waals surface area contributed by atoms with E-state index in [1.54, 1.807) is 0 Å². The fourth-order valence-corrected chi connectivity index (χ4v) is 2.33. The third kappa shape index (κ3) is 3.32. The van der Waals surface area contributed by atoms with E-state index in [-0.39, 0.29) is 0 Å². The van der Waals surface area contributed by atoms with Gasteiger partial charge in [-0.1, -0.05) is 29.8 Å². The molecule has 2 nitrogen and oxygen atoms in total. The summed E-state index contributed by atoms with van der Waals surface area (Å²) in [7, 11) is 0. The molecule has 0 amide bonds. The van der Waals surface area contributed by atoms with Crippen LogP contribution in [0.3, 0.4) is 0 Å². The number of piperidine rings is 1. The predicted octanol–water partition coefficient (Wildman–Crippen LogP) is 1.96. The second-order valence-corrected chi connectivity index (χ2v) is 4.92. The van der Waals surface area contributed by atoms with E-state index in [0.717, 1.165) is 19.3 Å². The molecule has 2 N–H and O–H groups in total. The van der Waals surface area contributed by atoms with Crippen LogP contribution in [0, 0.1) is 6.92 Å². The topological polar surface area (TPSA) is 29.3 Å². The minimum Gasteiger partial charge on any atom is -0.328 e. The van der Waals surface area contributed by atoms with Gasteiger partial charge in [-0.2, -0.15) is 0 Å². The molecular formula is C14H22N2. The Morgan fingerprint density at radius 1 is 1.31 bits per heavy atom. The summed E-state index contributed by atoms with van der Waals surface area (Å²) >= 11 is 0. The first kappa shape index (κ1) is 11.6. The SMILES string of the molecule is Cc1cccc(CCN2CCC(N)CC2)c1. The molecule has 2 rings (SSSR count). The summed E-state index contributed by atoms with van der Waals surface area (Å²) in [5.41, 5.74) is 8.71. The Balaban J connectivity index is 1.79. The first-order valence-electron chi connectivity index (χ1n) is 6.27. The van der Waals surface area contributed by atoms with Gasteiger partial charge in [0.05, 0.1) is 0 Å². The maximum absolute atomic E-state index is 5.90. The van der Waals surface area contributed by atoms with Crippen molar-refractivity contribution in [3.63, 3.8) is 0 Å². The second-order valence-electron chi connectivity index (χ2n) is 4.92. The lowest BCUT2D eigenvalue weighted by Crippen LogP contribution is -2.40. The van der Waals surface area contributed by atoms with Gasteiger partial charge < -0.3 is 10.6 Å². The van der Waals surface area contributed by atoms with Crippen molar-refractivity contribution in [1.82, 2.24) is 4.90 Å². The molecule has 0 unspecified atom stereocenters. The Morgan fingerprint density at radius 2 is 2.06 bits per heavy atom. The molecular weight excluding hydrogens is 196 g/mol. The van der Waals surface area contributed by atoms with Crippen LogP contribution in [0.25, 0.3) is 0 Å². The van der Waals surface area contributed by atoms with Crippen LogP contribution in [-0.2, 0) is 6.42 Å². The van der Waals surface area contributed by atoms with E-state index in [2.05, 4.69) is 36.1 Å². The molecule has 0 bridgehead atoms. The van der Waals surface area contributed by atoms with Gasteiger partial charge in [0.2, 0.25) is 0 Å². The first-order valence-corrected chi connectivity index (χ1v) is 6.27. The molecule has 0 spiro atoms. The largest absolute Gasteiger partial charge is 0.328 e. The standard InChI is InChI=1S/C14H22N2/c1-12-3-2-4-13(11-12)5-8-16-9-6-14(15)7-10-16/h2-4,11,14H,5-10,15H2,1H3. The highest BCUT2D eigenvalue weighted by atomic mass is 15.1. The number of likely N-dealkylation sites (tertiary alicyclic amines) is 1. The molecule has 1 saturated heterocycles. The number of hydrogen-bond donors (Lipinski definition) is 1. The normalized spacial score (nSPS) is 18.9. The maximum Gasteiger partial charge on any atom is 0.00631 e. The average Bonchev–Trinajstić information content (AvgIpc) is 2.28. The molecule has 16 heavy (non-hydrogen) atoms. The third-order valence-corrected chi connectivity index (χ3v) is 3.43. The van der Waals surface area contributed by atoms with Crippen LogP contribution in [0.4, 0.5) is 0 Å². The van der Waals surface area contributed by atoms with E-state index in [1.807, 2.05) is 0 Å². The highest BCUT2D eigenvalue weighted by Gasteiger charge is 2.15. The van der Waals surface area contributed by atoms with Crippen LogP contribution in [0.1, 0.15) is 24.0 Å². The van der Waals surface area contributed by atoms with Crippen LogP contribution in [0.15, 0.2) is 24.3 Å². The van der Waals surface area contributed by atoms with Crippen LogP contribution in [-0.4, -0.2) is 30.6 Å². The molecule has 0 aliphatic carbocycles. The summed E-state index contributed by atoms with van der Waals surface area (Å²) in [4.78, 5) is 2.53. The van der Waals surface area contributed by atoms with E-state index in [9.17, 15) is 0 Å². The number of nitrogens with two attached hydrogens (primary N) is 1. The molecule has 88 valence electrons. The van der Waals surface area contributed by atoms with E-state index in [1.165, 1.54) is 30.8 Å². The Hall–Kier alpha value is -0.860. The molecule has 1 aliphatic heterocycles. The zero-order chi connectivity index (χ0) is 11.4. The third-order valence-electron chi connectivity index (χ3n) is 3.43. The minimum atomic E-state index is 0.440. The summed E-state index contributed by atoms with van der Waals surface area (Å²) in [5.74, 6) is 0. The Morgan fingerprint density at radius 3 is 2.75 bits per heavy atom. The van der Waals surface area contributed by atoms with E-state index >= 15 is 0 Å². The molecule has 0 atom stereocenters. The van der Waals surface area contributed by atoms with Crippen molar-refractivity contribution in [2.24, 2.45) is 5.73 Å². The van der Waals surface area contributed by atoms with E-state index in [0.29, 0.717) is 6.04 Å². The van der Waals surface area contributed by atoms with Gasteiger partial charge in [0, 0.05) is 12.6 Å². The Labute approximate surface area is 98.4 Å². The lowest BCUT2D eigenvalue weighted by molar-refractivity contribution is 0.215. The molecule has 0 radical (unpaired) electrons. The monoisotopic (exact) mass is 218 g/mol. The molecule has 1 heterocycles. The Kier molecular flexibility index (Phi) is 3.97. The number of nitrogens with zero attached hydrogens (tertiary/aromatic N) is 1. The fraction of sp³-hybridized carbons (Fsp3) is 0.571. The van der Waals surface area contributed by atoms with Crippen molar-refractivity contribution in [1.29, 1.82) is 0 Å². The van der Waals surface area contributed by atoms with Gasteiger partial charge in [-0.25, -0.2) is 0 Å². The summed E-state index contributed by atoms with van der Waals surface area (Å²) in [6.07, 6.45) is 3.48. The van der Waals surface area contributed by atoms with Gasteiger partial charge >= 0.3 is 0 Å². The zero-order valence-corrected chi connectivity index (χ0v) is 10.2. The number of benzene rings is 1.